The van der Waals surface area contributed by atoms with Gasteiger partial charge in [-0.2, -0.15) is 0 Å². The van der Waals surface area contributed by atoms with Crippen LogP contribution in [0.3, 0.4) is 0 Å². The van der Waals surface area contributed by atoms with E-state index < -0.39 is 0 Å². The van der Waals surface area contributed by atoms with Crippen LogP contribution in [0, 0.1) is 0 Å². The highest BCUT2D eigenvalue weighted by atomic mass is 16.2. The van der Waals surface area contributed by atoms with E-state index in [1.807, 2.05) is 60.7 Å². The molecule has 5 aromatic rings. The molecule has 0 aromatic heterocycles. The molecule has 5 aromatic carbocycles. The number of carbonyl (C=O) groups excluding carboxylic acids is 4. The van der Waals surface area contributed by atoms with Gasteiger partial charge >= 0.3 is 0 Å². The van der Waals surface area contributed by atoms with Crippen molar-refractivity contribution >= 4 is 46.4 Å². The van der Waals surface area contributed by atoms with Gasteiger partial charge in [-0.05, 0) is 84.6 Å². The van der Waals surface area contributed by atoms with Crippen molar-refractivity contribution in [2.75, 3.05) is 21.3 Å². The number of hydrogen-bond acceptors (Lipinski definition) is 4. The van der Waals surface area contributed by atoms with Crippen molar-refractivity contribution in [3.05, 3.63) is 156 Å². The van der Waals surface area contributed by atoms with Gasteiger partial charge in [0.15, 0.2) is 0 Å². The highest BCUT2D eigenvalue weighted by Gasteiger charge is 2.12. The van der Waals surface area contributed by atoms with E-state index in [0.29, 0.717) is 59.6 Å². The molecule has 0 unspecified atom stereocenters. The van der Waals surface area contributed by atoms with Crippen LogP contribution in [-0.4, -0.2) is 23.6 Å². The fraction of sp³-hybridized carbons (Fsp3) is 0.105. The van der Waals surface area contributed by atoms with Gasteiger partial charge in [0.1, 0.15) is 0 Å². The van der Waals surface area contributed by atoms with Crippen LogP contribution >= 0.6 is 0 Å². The van der Waals surface area contributed by atoms with Crippen LogP contribution in [0.25, 0.3) is 0 Å². The van der Waals surface area contributed by atoms with Gasteiger partial charge in [0.25, 0.3) is 11.8 Å². The molecular weight excluding hydrogens is 576 g/mol. The van der Waals surface area contributed by atoms with Crippen molar-refractivity contribution in [3.8, 4) is 0 Å². The second kappa shape index (κ2) is 15.6. The number of anilines is 4. The Bertz CT molecular complexity index is 1670. The molecule has 0 spiro atoms. The number of hydrogen-bond donors (Lipinski definition) is 4. The van der Waals surface area contributed by atoms with E-state index in [0.717, 1.165) is 11.1 Å². The van der Waals surface area contributed by atoms with Crippen LogP contribution in [0.15, 0.2) is 133 Å². The molecule has 5 rings (SSSR count). The van der Waals surface area contributed by atoms with E-state index in [1.165, 1.54) is 0 Å². The summed E-state index contributed by atoms with van der Waals surface area (Å²) >= 11 is 0. The van der Waals surface area contributed by atoms with Crippen molar-refractivity contribution in [3.63, 3.8) is 0 Å². The Balaban J connectivity index is 1.10. The first-order chi connectivity index (χ1) is 22.4. The number of carbonyl (C=O) groups is 4. The number of amides is 4. The lowest BCUT2D eigenvalue weighted by molar-refractivity contribution is -0.117. The Kier molecular flexibility index (Phi) is 10.7. The molecule has 0 aliphatic heterocycles. The second-order valence-electron chi connectivity index (χ2n) is 10.7. The molecule has 0 saturated carbocycles. The van der Waals surface area contributed by atoms with Crippen LogP contribution in [0.4, 0.5) is 22.7 Å². The maximum absolute atomic E-state index is 12.9. The molecule has 0 saturated heterocycles. The van der Waals surface area contributed by atoms with Gasteiger partial charge in [0.05, 0.1) is 0 Å². The summed E-state index contributed by atoms with van der Waals surface area (Å²) in [5.74, 6) is -0.932. The summed E-state index contributed by atoms with van der Waals surface area (Å²) in [6, 6.07) is 39.8. The van der Waals surface area contributed by atoms with Crippen molar-refractivity contribution < 1.29 is 19.2 Å². The molecule has 8 heteroatoms. The highest BCUT2D eigenvalue weighted by Crippen LogP contribution is 2.19. The highest BCUT2D eigenvalue weighted by molar-refractivity contribution is 6.07. The molecular formula is C38H34N4O4. The predicted molar refractivity (Wildman–Crippen MR) is 182 cm³/mol. The van der Waals surface area contributed by atoms with E-state index in [4.69, 9.17) is 0 Å². The first-order valence-corrected chi connectivity index (χ1v) is 15.0. The normalized spacial score (nSPS) is 10.4. The Morgan fingerprint density at radius 2 is 0.739 bits per heavy atom. The molecule has 0 bridgehead atoms. The second-order valence-corrected chi connectivity index (χ2v) is 10.7. The number of rotatable bonds is 12. The minimum atomic E-state index is -0.352. The summed E-state index contributed by atoms with van der Waals surface area (Å²) in [5.41, 5.74) is 5.14. The fourth-order valence-electron chi connectivity index (χ4n) is 4.78. The Hall–Kier alpha value is -6.02. The average molecular weight is 611 g/mol. The third-order valence-electron chi connectivity index (χ3n) is 7.18. The predicted octanol–water partition coefficient (Wildman–Crippen LogP) is 7.33. The van der Waals surface area contributed by atoms with Crippen molar-refractivity contribution in [1.29, 1.82) is 0 Å². The largest absolute Gasteiger partial charge is 0.326 e. The fourth-order valence-corrected chi connectivity index (χ4v) is 4.78. The van der Waals surface area contributed by atoms with Gasteiger partial charge in [0.2, 0.25) is 11.8 Å². The Morgan fingerprint density at radius 3 is 1.11 bits per heavy atom. The molecule has 0 heterocycles. The Morgan fingerprint density at radius 1 is 0.391 bits per heavy atom. The number of aryl methyl sites for hydroxylation is 2. The van der Waals surface area contributed by atoms with Gasteiger partial charge in [-0.25, -0.2) is 0 Å². The zero-order valence-corrected chi connectivity index (χ0v) is 25.2. The zero-order valence-electron chi connectivity index (χ0n) is 25.2. The lowest BCUT2D eigenvalue weighted by Gasteiger charge is -2.10. The van der Waals surface area contributed by atoms with Crippen LogP contribution in [-0.2, 0) is 22.4 Å². The van der Waals surface area contributed by atoms with Crippen LogP contribution in [0.1, 0.15) is 44.7 Å². The van der Waals surface area contributed by atoms with Crippen molar-refractivity contribution in [2.45, 2.75) is 25.7 Å². The van der Waals surface area contributed by atoms with Crippen molar-refractivity contribution in [1.82, 2.24) is 0 Å². The summed E-state index contributed by atoms with van der Waals surface area (Å²) in [6.45, 7) is 0. The maximum atomic E-state index is 12.9. The van der Waals surface area contributed by atoms with E-state index >= 15 is 0 Å². The molecule has 230 valence electrons. The first-order valence-electron chi connectivity index (χ1n) is 15.0. The monoisotopic (exact) mass is 610 g/mol. The molecule has 0 radical (unpaired) electrons. The first kappa shape index (κ1) is 31.4. The minimum absolute atomic E-state index is 0.114. The smallest absolute Gasteiger partial charge is 0.255 e. The summed E-state index contributed by atoms with van der Waals surface area (Å²) in [4.78, 5) is 50.6. The Labute approximate surface area is 267 Å². The molecule has 4 N–H and O–H groups in total. The van der Waals surface area contributed by atoms with E-state index in [9.17, 15) is 19.2 Å². The zero-order chi connectivity index (χ0) is 32.1. The van der Waals surface area contributed by atoms with Crippen LogP contribution < -0.4 is 21.3 Å². The van der Waals surface area contributed by atoms with Crippen LogP contribution in [0.2, 0.25) is 0 Å². The summed E-state index contributed by atoms with van der Waals surface area (Å²) in [5, 5.41) is 11.4. The standard InChI is InChI=1S/C38H34N4O4/c43-35(23-17-27-9-3-1-4-10-27)39-31-13-7-15-33(25-31)41-37(45)29-19-21-30(22-20-29)38(46)42-34-16-8-14-32(26-34)40-36(44)24-18-28-11-5-2-6-12-28/h1-16,19-22,25-26H,17-18,23-24H2,(H,39,43)(H,40,44)(H,41,45)(H,42,46). The van der Waals surface area contributed by atoms with Gasteiger partial charge in [-0.15, -0.1) is 0 Å². The lowest BCUT2D eigenvalue weighted by Crippen LogP contribution is -2.15. The maximum Gasteiger partial charge on any atom is 0.255 e. The van der Waals surface area contributed by atoms with E-state index in [1.54, 1.807) is 72.8 Å². The molecule has 0 aliphatic rings. The van der Waals surface area contributed by atoms with Gasteiger partial charge < -0.3 is 21.3 Å². The lowest BCUT2D eigenvalue weighted by atomic mass is 10.1. The van der Waals surface area contributed by atoms with E-state index in [2.05, 4.69) is 21.3 Å². The topological polar surface area (TPSA) is 116 Å². The minimum Gasteiger partial charge on any atom is -0.326 e. The van der Waals surface area contributed by atoms with Gasteiger partial charge in [-0.1, -0.05) is 72.8 Å². The molecule has 0 atom stereocenters. The number of nitrogens with one attached hydrogen (secondary N) is 4. The third-order valence-corrected chi connectivity index (χ3v) is 7.18. The quantitative estimate of drug-likeness (QED) is 0.118. The summed E-state index contributed by atoms with van der Waals surface area (Å²) in [6.07, 6.45) is 1.96. The molecule has 4 amide bonds. The van der Waals surface area contributed by atoms with Gasteiger partial charge in [-0.3, -0.25) is 19.2 Å². The number of benzene rings is 5. The average Bonchev–Trinajstić information content (AvgIpc) is 3.08. The van der Waals surface area contributed by atoms with E-state index in [-0.39, 0.29) is 23.6 Å². The summed E-state index contributed by atoms with van der Waals surface area (Å²) < 4.78 is 0. The van der Waals surface area contributed by atoms with Gasteiger partial charge in [0, 0.05) is 46.7 Å². The SMILES string of the molecule is O=C(CCc1ccccc1)Nc1cccc(NC(=O)c2ccc(C(=O)Nc3cccc(NC(=O)CCc4ccccc4)c3)cc2)c1. The molecule has 0 fully saturated rings. The molecule has 0 aliphatic carbocycles. The summed E-state index contributed by atoms with van der Waals surface area (Å²) in [7, 11) is 0. The van der Waals surface area contributed by atoms with Crippen LogP contribution in [0.5, 0.6) is 0 Å². The molecule has 8 nitrogen and oxygen atoms in total. The van der Waals surface area contributed by atoms with Crippen molar-refractivity contribution in [2.24, 2.45) is 0 Å². The molecule has 46 heavy (non-hydrogen) atoms. The third kappa shape index (κ3) is 9.49.